The molecule has 0 bridgehead atoms. The number of hydrogen-bond donors (Lipinski definition) is 4. The Hall–Kier alpha value is -0.360. The van der Waals surface area contributed by atoms with Crippen LogP contribution >= 0.6 is 8.25 Å². The second-order valence-electron chi connectivity index (χ2n) is 3.63. The number of unbranched alkanes of at least 4 members (excludes halogenated alkanes) is 2. The zero-order valence-corrected chi connectivity index (χ0v) is 14.4. The molecule has 0 heterocycles. The first-order chi connectivity index (χ1) is 8.49. The molecule has 7 N–H and O–H groups in total. The predicted molar refractivity (Wildman–Crippen MR) is 76.1 cm³/mol. The third-order valence-electron chi connectivity index (χ3n) is 2.12. The minimum atomic E-state index is -2.37. The molecule has 0 saturated carbocycles. The molecule has 6 nitrogen and oxygen atoms in total. The summed E-state index contributed by atoms with van der Waals surface area (Å²) in [7, 11) is -2.37. The van der Waals surface area contributed by atoms with Gasteiger partial charge in [0.2, 0.25) is 0 Å². The second kappa shape index (κ2) is 12.7. The number of hydrogen-bond acceptors (Lipinski definition) is 5. The van der Waals surface area contributed by atoms with E-state index < -0.39 is 8.25 Å². The van der Waals surface area contributed by atoms with E-state index in [0.717, 1.165) is 19.3 Å². The van der Waals surface area contributed by atoms with Crippen molar-refractivity contribution in [3.63, 3.8) is 0 Å². The average molecular weight is 298 g/mol. The molecule has 0 amide bonds. The summed E-state index contributed by atoms with van der Waals surface area (Å²) in [4.78, 5) is 8.14. The summed E-state index contributed by atoms with van der Waals surface area (Å²) in [5.74, 6) is 0. The van der Waals surface area contributed by atoms with Gasteiger partial charge >= 0.3 is 37.8 Å². The summed E-state index contributed by atoms with van der Waals surface area (Å²) in [5, 5.41) is 0. The Labute approximate surface area is 138 Å². The Bertz CT molecular complexity index is 366. The van der Waals surface area contributed by atoms with E-state index in [4.69, 9.17) is 22.1 Å². The monoisotopic (exact) mass is 298 g/mol. The SMILES string of the molecule is CCCCCO[P+](=O)O.Nc1cccc(N)c1N.[H-].[Na+]. The van der Waals surface area contributed by atoms with Crippen molar-refractivity contribution in [1.29, 1.82) is 0 Å². The molecule has 0 radical (unpaired) electrons. The molecule has 1 atom stereocenters. The number of para-hydroxylation sites is 1. The third kappa shape index (κ3) is 11.2. The number of benzene rings is 1. The van der Waals surface area contributed by atoms with Crippen LogP contribution in [0.2, 0.25) is 0 Å². The summed E-state index contributed by atoms with van der Waals surface area (Å²) in [5.41, 5.74) is 17.8. The summed E-state index contributed by atoms with van der Waals surface area (Å²) < 4.78 is 14.3. The Morgan fingerprint density at radius 2 is 1.79 bits per heavy atom. The van der Waals surface area contributed by atoms with Crippen LogP contribution in [0.5, 0.6) is 0 Å². The molecule has 1 rings (SSSR count). The Morgan fingerprint density at radius 1 is 1.26 bits per heavy atom. The quantitative estimate of drug-likeness (QED) is 0.249. The summed E-state index contributed by atoms with van der Waals surface area (Å²) in [6.07, 6.45) is 3.03. The van der Waals surface area contributed by atoms with Gasteiger partial charge in [0.25, 0.3) is 0 Å². The van der Waals surface area contributed by atoms with Gasteiger partial charge in [-0.15, -0.1) is 9.42 Å². The van der Waals surface area contributed by atoms with Crippen LogP contribution in [0.4, 0.5) is 17.1 Å². The summed E-state index contributed by atoms with van der Waals surface area (Å²) in [6, 6.07) is 5.19. The van der Waals surface area contributed by atoms with Crippen LogP contribution in [0.15, 0.2) is 18.2 Å². The largest absolute Gasteiger partial charge is 1.00 e. The third-order valence-corrected chi connectivity index (χ3v) is 2.53. The summed E-state index contributed by atoms with van der Waals surface area (Å²) >= 11 is 0. The van der Waals surface area contributed by atoms with E-state index >= 15 is 0 Å². The molecule has 8 heteroatoms. The molecule has 0 aromatic heterocycles. The van der Waals surface area contributed by atoms with Crippen LogP contribution in [-0.4, -0.2) is 11.5 Å². The van der Waals surface area contributed by atoms with Gasteiger partial charge < -0.3 is 18.6 Å². The zero-order chi connectivity index (χ0) is 14.0. The van der Waals surface area contributed by atoms with Gasteiger partial charge in [0.05, 0.1) is 17.1 Å². The Kier molecular flexibility index (Phi) is 14.0. The fourth-order valence-electron chi connectivity index (χ4n) is 1.10. The van der Waals surface area contributed by atoms with Crippen LogP contribution in [0.25, 0.3) is 0 Å². The van der Waals surface area contributed by atoms with Crippen molar-refractivity contribution in [3.8, 4) is 0 Å². The maximum atomic E-state index is 9.89. The zero-order valence-electron chi connectivity index (χ0n) is 12.5. The first-order valence-corrected chi connectivity index (χ1v) is 6.80. The molecule has 0 saturated heterocycles. The fourth-order valence-corrected chi connectivity index (χ4v) is 1.38. The molecule has 0 spiro atoms. The fraction of sp³-hybridized carbons (Fsp3) is 0.455. The standard InChI is InChI=1S/C6H9N3.C5H11O3P.Na.H/c7-4-2-1-3-5(8)6(4)9;1-2-3-4-5-8-9(6)7;;/h1-3H,7-9H2;2-5H2,1H3;;/q;;+1;-1/p+1. The van der Waals surface area contributed by atoms with E-state index in [-0.39, 0.29) is 31.0 Å². The van der Waals surface area contributed by atoms with Crippen molar-refractivity contribution in [2.75, 3.05) is 23.8 Å². The van der Waals surface area contributed by atoms with Crippen LogP contribution in [-0.2, 0) is 9.09 Å². The van der Waals surface area contributed by atoms with Crippen LogP contribution < -0.4 is 46.8 Å². The smallest absolute Gasteiger partial charge is 1.00 e. The molecular weight excluding hydrogens is 276 g/mol. The molecular formula is C11H22N3NaO3P+. The van der Waals surface area contributed by atoms with Gasteiger partial charge in [0, 0.05) is 4.57 Å². The Balaban J connectivity index is -0.000000263. The van der Waals surface area contributed by atoms with E-state index in [9.17, 15) is 4.57 Å². The maximum absolute atomic E-state index is 9.89. The molecule has 1 aromatic carbocycles. The van der Waals surface area contributed by atoms with Crippen molar-refractivity contribution < 1.29 is 45.0 Å². The average Bonchev–Trinajstić information content (AvgIpc) is 2.32. The van der Waals surface area contributed by atoms with E-state index in [1.807, 2.05) is 0 Å². The maximum Gasteiger partial charge on any atom is 1.00 e. The van der Waals surface area contributed by atoms with Gasteiger partial charge in [-0.05, 0) is 18.6 Å². The normalized spacial score (nSPS) is 9.89. The molecule has 1 unspecified atom stereocenters. The van der Waals surface area contributed by atoms with Crippen molar-refractivity contribution in [2.24, 2.45) is 0 Å². The van der Waals surface area contributed by atoms with E-state index in [1.54, 1.807) is 18.2 Å². The molecule has 104 valence electrons. The molecule has 0 aliphatic heterocycles. The Morgan fingerprint density at radius 3 is 2.16 bits per heavy atom. The predicted octanol–water partition coefficient (Wildman–Crippen LogP) is -0.607. The van der Waals surface area contributed by atoms with Gasteiger partial charge in [0.1, 0.15) is 6.61 Å². The van der Waals surface area contributed by atoms with Gasteiger partial charge in [0.15, 0.2) is 0 Å². The minimum Gasteiger partial charge on any atom is -1.00 e. The van der Waals surface area contributed by atoms with Crippen molar-refractivity contribution in [2.45, 2.75) is 26.2 Å². The van der Waals surface area contributed by atoms with Gasteiger partial charge in [-0.25, -0.2) is 0 Å². The first kappa shape index (κ1) is 20.9. The molecule has 0 fully saturated rings. The van der Waals surface area contributed by atoms with Crippen LogP contribution in [0.3, 0.4) is 0 Å². The van der Waals surface area contributed by atoms with E-state index in [1.165, 1.54) is 0 Å². The number of nitrogen functional groups attached to an aromatic ring is 3. The van der Waals surface area contributed by atoms with Gasteiger partial charge in [-0.3, -0.25) is 0 Å². The minimum absolute atomic E-state index is 0. The van der Waals surface area contributed by atoms with Crippen molar-refractivity contribution >= 4 is 25.3 Å². The molecule has 0 aliphatic rings. The van der Waals surface area contributed by atoms with Gasteiger partial charge in [-0.1, -0.05) is 25.8 Å². The van der Waals surface area contributed by atoms with Crippen LogP contribution in [0.1, 0.15) is 27.6 Å². The molecule has 19 heavy (non-hydrogen) atoms. The van der Waals surface area contributed by atoms with E-state index in [0.29, 0.717) is 23.7 Å². The summed E-state index contributed by atoms with van der Waals surface area (Å²) in [6.45, 7) is 2.47. The molecule has 1 aromatic rings. The van der Waals surface area contributed by atoms with Gasteiger partial charge in [-0.2, -0.15) is 0 Å². The first-order valence-electron chi connectivity index (χ1n) is 5.67. The number of rotatable bonds is 5. The van der Waals surface area contributed by atoms with E-state index in [2.05, 4.69) is 11.4 Å². The number of anilines is 3. The number of nitrogens with two attached hydrogens (primary N) is 3. The molecule has 0 aliphatic carbocycles. The van der Waals surface area contributed by atoms with Crippen molar-refractivity contribution in [3.05, 3.63) is 18.2 Å². The van der Waals surface area contributed by atoms with Crippen molar-refractivity contribution in [1.82, 2.24) is 0 Å². The van der Waals surface area contributed by atoms with Crippen LogP contribution in [0, 0.1) is 0 Å². The second-order valence-corrected chi connectivity index (χ2v) is 4.36. The topological polar surface area (TPSA) is 125 Å².